The average molecular weight is 291 g/mol. The van der Waals surface area contributed by atoms with E-state index in [-0.39, 0.29) is 6.10 Å². The van der Waals surface area contributed by atoms with E-state index in [1.54, 1.807) is 0 Å². The highest BCUT2D eigenvalue weighted by molar-refractivity contribution is 7.17. The number of hydrogen-bond donors (Lipinski definition) is 2. The van der Waals surface area contributed by atoms with E-state index in [1.165, 1.54) is 37.0 Å². The van der Waals surface area contributed by atoms with Crippen LogP contribution in [0.2, 0.25) is 0 Å². The van der Waals surface area contributed by atoms with Crippen molar-refractivity contribution in [3.8, 4) is 11.8 Å². The first-order valence-electron chi connectivity index (χ1n) is 7.28. The fourth-order valence-corrected chi connectivity index (χ4v) is 3.67. The average Bonchev–Trinajstić information content (AvgIpc) is 3.28. The molecule has 2 saturated carbocycles. The summed E-state index contributed by atoms with van der Waals surface area (Å²) in [5, 5.41) is 13.5. The third kappa shape index (κ3) is 2.45. The minimum absolute atomic E-state index is 0.0531. The van der Waals surface area contributed by atoms with Gasteiger partial charge in [-0.05, 0) is 50.9 Å². The number of rotatable bonds is 6. The lowest BCUT2D eigenvalue weighted by atomic mass is 10.0. The Morgan fingerprint density at radius 3 is 2.70 bits per heavy atom. The molecule has 3 N–H and O–H groups in total. The maximum absolute atomic E-state index is 9.13. The van der Waals surface area contributed by atoms with E-state index in [1.807, 2.05) is 13.8 Å². The van der Waals surface area contributed by atoms with Crippen LogP contribution in [0.3, 0.4) is 0 Å². The molecule has 2 aliphatic carbocycles. The lowest BCUT2D eigenvalue weighted by molar-refractivity contribution is 0.246. The number of ether oxygens (including phenoxy) is 1. The van der Waals surface area contributed by atoms with Gasteiger partial charge in [0.2, 0.25) is 0 Å². The molecule has 1 aromatic rings. The van der Waals surface area contributed by atoms with Crippen LogP contribution >= 0.6 is 11.3 Å². The number of nitrogen functional groups attached to an aromatic ring is 1. The van der Waals surface area contributed by atoms with Crippen molar-refractivity contribution in [3.05, 3.63) is 4.88 Å². The van der Waals surface area contributed by atoms with E-state index in [4.69, 9.17) is 15.7 Å². The molecule has 1 heterocycles. The van der Waals surface area contributed by atoms with Crippen LogP contribution in [0.25, 0.3) is 0 Å². The fourth-order valence-electron chi connectivity index (χ4n) is 2.82. The van der Waals surface area contributed by atoms with Gasteiger partial charge in [0.1, 0.15) is 21.6 Å². The summed E-state index contributed by atoms with van der Waals surface area (Å²) in [5.41, 5.74) is 7.00. The molecule has 108 valence electrons. The van der Waals surface area contributed by atoms with Crippen LogP contribution in [-0.2, 0) is 0 Å². The van der Waals surface area contributed by atoms with Gasteiger partial charge < -0.3 is 15.8 Å². The van der Waals surface area contributed by atoms with Crippen LogP contribution in [0.4, 0.5) is 10.7 Å². The molecule has 20 heavy (non-hydrogen) atoms. The Morgan fingerprint density at radius 2 is 2.20 bits per heavy atom. The molecular formula is C15H21N3OS. The normalized spacial score (nSPS) is 19.7. The lowest BCUT2D eigenvalue weighted by Gasteiger charge is -2.17. The Kier molecular flexibility index (Phi) is 3.29. The van der Waals surface area contributed by atoms with Crippen LogP contribution in [-0.4, -0.2) is 12.6 Å². The second-order valence-corrected chi connectivity index (χ2v) is 7.29. The van der Waals surface area contributed by atoms with Crippen molar-refractivity contribution in [2.45, 2.75) is 45.6 Å². The van der Waals surface area contributed by atoms with E-state index in [0.29, 0.717) is 21.7 Å². The number of nitriles is 1. The minimum Gasteiger partial charge on any atom is -0.486 e. The molecular weight excluding hydrogens is 270 g/mol. The molecule has 0 amide bonds. The van der Waals surface area contributed by atoms with Gasteiger partial charge in [0.25, 0.3) is 0 Å². The molecule has 0 spiro atoms. The molecule has 0 saturated heterocycles. The van der Waals surface area contributed by atoms with Gasteiger partial charge in [0.15, 0.2) is 5.75 Å². The predicted octanol–water partition coefficient (Wildman–Crippen LogP) is 3.59. The summed E-state index contributed by atoms with van der Waals surface area (Å²) < 4.78 is 5.79. The third-order valence-corrected chi connectivity index (χ3v) is 5.34. The van der Waals surface area contributed by atoms with Gasteiger partial charge in [-0.2, -0.15) is 5.26 Å². The zero-order valence-electron chi connectivity index (χ0n) is 12.0. The van der Waals surface area contributed by atoms with Crippen molar-refractivity contribution < 1.29 is 4.74 Å². The van der Waals surface area contributed by atoms with Crippen LogP contribution in [0.1, 0.15) is 44.4 Å². The second-order valence-electron chi connectivity index (χ2n) is 6.27. The summed E-state index contributed by atoms with van der Waals surface area (Å²) in [4.78, 5) is 0.541. The Hall–Kier alpha value is -1.41. The molecule has 5 heteroatoms. The maximum atomic E-state index is 9.13. The van der Waals surface area contributed by atoms with Crippen molar-refractivity contribution in [1.29, 1.82) is 5.26 Å². The predicted molar refractivity (Wildman–Crippen MR) is 82.1 cm³/mol. The second kappa shape index (κ2) is 4.85. The summed E-state index contributed by atoms with van der Waals surface area (Å²) in [7, 11) is 0. The van der Waals surface area contributed by atoms with Gasteiger partial charge in [0.05, 0.1) is 6.10 Å². The number of nitrogens with one attached hydrogen (secondary N) is 1. The molecule has 0 atom stereocenters. The van der Waals surface area contributed by atoms with Crippen LogP contribution in [0, 0.1) is 22.7 Å². The SMILES string of the molecule is CC(C)Oc1c(NCC2(C3CC3)CC2)sc(C#N)c1N. The van der Waals surface area contributed by atoms with E-state index in [0.717, 1.165) is 17.5 Å². The quantitative estimate of drug-likeness (QED) is 0.840. The van der Waals surface area contributed by atoms with Crippen molar-refractivity contribution in [2.24, 2.45) is 11.3 Å². The highest BCUT2D eigenvalue weighted by Gasteiger charge is 2.53. The molecule has 3 rings (SSSR count). The number of anilines is 2. The number of nitrogens with zero attached hydrogens (tertiary/aromatic N) is 1. The fraction of sp³-hybridized carbons (Fsp3) is 0.667. The molecule has 0 bridgehead atoms. The molecule has 0 aliphatic heterocycles. The van der Waals surface area contributed by atoms with Gasteiger partial charge >= 0.3 is 0 Å². The smallest absolute Gasteiger partial charge is 0.178 e. The summed E-state index contributed by atoms with van der Waals surface area (Å²) in [6.07, 6.45) is 5.48. The van der Waals surface area contributed by atoms with Gasteiger partial charge in [-0.25, -0.2) is 0 Å². The first-order chi connectivity index (χ1) is 9.55. The largest absolute Gasteiger partial charge is 0.486 e. The molecule has 2 aliphatic rings. The molecule has 0 unspecified atom stereocenters. The molecule has 2 fully saturated rings. The highest BCUT2D eigenvalue weighted by Crippen LogP contribution is 2.61. The van der Waals surface area contributed by atoms with Crippen molar-refractivity contribution in [2.75, 3.05) is 17.6 Å². The first-order valence-corrected chi connectivity index (χ1v) is 8.10. The van der Waals surface area contributed by atoms with Crippen LogP contribution in [0.15, 0.2) is 0 Å². The highest BCUT2D eigenvalue weighted by atomic mass is 32.1. The monoisotopic (exact) mass is 291 g/mol. The van der Waals surface area contributed by atoms with Crippen LogP contribution in [0.5, 0.6) is 5.75 Å². The lowest BCUT2D eigenvalue weighted by Crippen LogP contribution is -2.17. The Labute approximate surface area is 123 Å². The molecule has 0 radical (unpaired) electrons. The van der Waals surface area contributed by atoms with E-state index in [9.17, 15) is 0 Å². The van der Waals surface area contributed by atoms with Crippen molar-refractivity contribution >= 4 is 22.0 Å². The van der Waals surface area contributed by atoms with Gasteiger partial charge in [-0.15, -0.1) is 11.3 Å². The zero-order valence-corrected chi connectivity index (χ0v) is 12.8. The van der Waals surface area contributed by atoms with Gasteiger partial charge in [-0.3, -0.25) is 0 Å². The van der Waals surface area contributed by atoms with Crippen molar-refractivity contribution in [3.63, 3.8) is 0 Å². The maximum Gasteiger partial charge on any atom is 0.178 e. The topological polar surface area (TPSA) is 71.1 Å². The standard InChI is InChI=1S/C15H21N3OS/c1-9(2)19-13-12(17)11(7-16)20-14(13)18-8-15(5-6-15)10-3-4-10/h9-10,18H,3-6,8,17H2,1-2H3. The third-order valence-electron chi connectivity index (χ3n) is 4.29. The summed E-state index contributed by atoms with van der Waals surface area (Å²) in [6, 6.07) is 2.15. The Bertz CT molecular complexity index is 550. The first kappa shape index (κ1) is 13.6. The Morgan fingerprint density at radius 1 is 1.50 bits per heavy atom. The summed E-state index contributed by atoms with van der Waals surface area (Å²) in [6.45, 7) is 4.93. The number of thiophene rings is 1. The van der Waals surface area contributed by atoms with E-state index >= 15 is 0 Å². The van der Waals surface area contributed by atoms with E-state index < -0.39 is 0 Å². The van der Waals surface area contributed by atoms with E-state index in [2.05, 4.69) is 11.4 Å². The summed E-state index contributed by atoms with van der Waals surface area (Å²) in [5.74, 6) is 1.57. The van der Waals surface area contributed by atoms with Gasteiger partial charge in [0, 0.05) is 6.54 Å². The molecule has 4 nitrogen and oxygen atoms in total. The zero-order chi connectivity index (χ0) is 14.3. The summed E-state index contributed by atoms with van der Waals surface area (Å²) >= 11 is 1.41. The Balaban J connectivity index is 1.76. The number of hydrogen-bond acceptors (Lipinski definition) is 5. The molecule has 1 aromatic heterocycles. The van der Waals surface area contributed by atoms with Gasteiger partial charge in [-0.1, -0.05) is 0 Å². The van der Waals surface area contributed by atoms with Crippen LogP contribution < -0.4 is 15.8 Å². The minimum atomic E-state index is 0.0531. The van der Waals surface area contributed by atoms with Crippen molar-refractivity contribution in [1.82, 2.24) is 0 Å². The molecule has 0 aromatic carbocycles. The number of nitrogens with two attached hydrogens (primary N) is 1.